The Morgan fingerprint density at radius 2 is 1.84 bits per heavy atom. The fraction of sp³-hybridized carbons (Fsp3) is 0.417. The molecule has 0 radical (unpaired) electrons. The molecule has 0 saturated heterocycles. The van der Waals surface area contributed by atoms with Crippen molar-refractivity contribution in [2.75, 3.05) is 14.2 Å². The first-order chi connectivity index (χ1) is 8.94. The number of H-pyrrole nitrogens is 1. The number of fused-ring (bicyclic) bond motifs is 1. The van der Waals surface area contributed by atoms with Gasteiger partial charge in [0.1, 0.15) is 5.15 Å². The molecule has 7 heteroatoms. The van der Waals surface area contributed by atoms with E-state index in [-0.39, 0.29) is 23.6 Å². The first-order valence-corrected chi connectivity index (χ1v) is 5.90. The van der Waals surface area contributed by atoms with E-state index in [1.807, 2.05) is 0 Å². The van der Waals surface area contributed by atoms with Crippen LogP contribution in [0.5, 0.6) is 0 Å². The molecule has 1 N–H and O–H groups in total. The van der Waals surface area contributed by atoms with Crippen LogP contribution in [0, 0.1) is 5.41 Å². The molecule has 1 aliphatic rings. The number of halogens is 1. The minimum Gasteiger partial charge on any atom is -0.468 e. The quantitative estimate of drug-likeness (QED) is 0.485. The van der Waals surface area contributed by atoms with Crippen LogP contribution in [0.4, 0.5) is 0 Å². The topological polar surface area (TPSA) is 85.5 Å². The molecule has 102 valence electrons. The summed E-state index contributed by atoms with van der Waals surface area (Å²) in [5.74, 6) is -1.39. The summed E-state index contributed by atoms with van der Waals surface area (Å²) < 4.78 is 9.38. The molecule has 2 rings (SSSR count). The van der Waals surface area contributed by atoms with Crippen LogP contribution in [0.25, 0.3) is 0 Å². The van der Waals surface area contributed by atoms with E-state index in [0.29, 0.717) is 11.1 Å². The zero-order valence-corrected chi connectivity index (χ0v) is 11.2. The highest BCUT2D eigenvalue weighted by atomic mass is 35.5. The molecule has 0 saturated carbocycles. The maximum Gasteiger partial charge on any atom is 0.323 e. The van der Waals surface area contributed by atoms with Crippen molar-refractivity contribution in [1.29, 1.82) is 0 Å². The van der Waals surface area contributed by atoms with Crippen molar-refractivity contribution in [3.05, 3.63) is 32.7 Å². The second kappa shape index (κ2) is 4.70. The third-order valence-corrected chi connectivity index (χ3v) is 3.64. The highest BCUT2D eigenvalue weighted by Gasteiger charge is 2.53. The molecule has 0 fully saturated rings. The zero-order chi connectivity index (χ0) is 14.2. The SMILES string of the molecule is COC(=O)C1(C(=O)OC)Cc2cc(=O)[nH]c(Cl)c2C1. The lowest BCUT2D eigenvalue weighted by Gasteiger charge is -2.22. The highest BCUT2D eigenvalue weighted by Crippen LogP contribution is 2.40. The molecule has 6 nitrogen and oxygen atoms in total. The van der Waals surface area contributed by atoms with Gasteiger partial charge in [-0.05, 0) is 11.1 Å². The summed E-state index contributed by atoms with van der Waals surface area (Å²) in [7, 11) is 2.39. The molecule has 1 heterocycles. The Labute approximate surface area is 113 Å². The van der Waals surface area contributed by atoms with Crippen LogP contribution in [0.1, 0.15) is 11.1 Å². The summed E-state index contributed by atoms with van der Waals surface area (Å²) in [4.78, 5) is 37.7. The average Bonchev–Trinajstić information content (AvgIpc) is 2.77. The van der Waals surface area contributed by atoms with Crippen LogP contribution >= 0.6 is 11.6 Å². The van der Waals surface area contributed by atoms with Crippen LogP contribution in [-0.2, 0) is 31.9 Å². The van der Waals surface area contributed by atoms with Crippen LogP contribution in [0.3, 0.4) is 0 Å². The average molecular weight is 286 g/mol. The number of pyridine rings is 1. The third kappa shape index (κ3) is 2.02. The van der Waals surface area contributed by atoms with E-state index in [2.05, 4.69) is 4.98 Å². The van der Waals surface area contributed by atoms with Crippen molar-refractivity contribution in [3.8, 4) is 0 Å². The van der Waals surface area contributed by atoms with Gasteiger partial charge < -0.3 is 14.5 Å². The number of hydrogen-bond acceptors (Lipinski definition) is 5. The van der Waals surface area contributed by atoms with Gasteiger partial charge >= 0.3 is 11.9 Å². The summed E-state index contributed by atoms with van der Waals surface area (Å²) in [5, 5.41) is 0.136. The Morgan fingerprint density at radius 1 is 1.26 bits per heavy atom. The van der Waals surface area contributed by atoms with Crippen molar-refractivity contribution in [1.82, 2.24) is 4.98 Å². The van der Waals surface area contributed by atoms with Gasteiger partial charge in [0.05, 0.1) is 14.2 Å². The fourth-order valence-corrected chi connectivity index (χ4v) is 2.69. The molecular formula is C12H12ClNO5. The van der Waals surface area contributed by atoms with Crippen LogP contribution in [0.2, 0.25) is 5.15 Å². The van der Waals surface area contributed by atoms with Crippen molar-refractivity contribution >= 4 is 23.5 Å². The standard InChI is InChI=1S/C12H12ClNO5/c1-18-10(16)12(11(17)19-2)4-6-3-8(15)14-9(13)7(6)5-12/h3H,4-5H2,1-2H3,(H,14,15). The number of esters is 2. The summed E-state index contributed by atoms with van der Waals surface area (Å²) in [6.45, 7) is 0. The van der Waals surface area contributed by atoms with Gasteiger partial charge in [-0.3, -0.25) is 14.4 Å². The summed E-state index contributed by atoms with van der Waals surface area (Å²) >= 11 is 5.94. The van der Waals surface area contributed by atoms with E-state index in [1.165, 1.54) is 20.3 Å². The largest absolute Gasteiger partial charge is 0.468 e. The summed E-state index contributed by atoms with van der Waals surface area (Å²) in [6.07, 6.45) is 0.0998. The van der Waals surface area contributed by atoms with Gasteiger partial charge in [0.2, 0.25) is 5.56 Å². The Morgan fingerprint density at radius 3 is 2.37 bits per heavy atom. The monoisotopic (exact) mass is 285 g/mol. The normalized spacial score (nSPS) is 15.7. The molecule has 1 aromatic heterocycles. The van der Waals surface area contributed by atoms with Crippen molar-refractivity contribution in [3.63, 3.8) is 0 Å². The van der Waals surface area contributed by atoms with Crippen LogP contribution in [0.15, 0.2) is 10.9 Å². The van der Waals surface area contributed by atoms with Crippen molar-refractivity contribution in [2.45, 2.75) is 12.8 Å². The van der Waals surface area contributed by atoms with Gasteiger partial charge in [0.15, 0.2) is 5.41 Å². The smallest absolute Gasteiger partial charge is 0.323 e. The fourth-order valence-electron chi connectivity index (χ4n) is 2.41. The highest BCUT2D eigenvalue weighted by molar-refractivity contribution is 6.30. The Kier molecular flexibility index (Phi) is 3.36. The number of nitrogens with one attached hydrogen (secondary N) is 1. The van der Waals surface area contributed by atoms with Gasteiger partial charge in [-0.15, -0.1) is 0 Å². The molecule has 0 amide bonds. The second-order valence-corrected chi connectivity index (χ2v) is 4.75. The Balaban J connectivity index is 2.54. The summed E-state index contributed by atoms with van der Waals surface area (Å²) in [5.41, 5.74) is -0.715. The number of aromatic nitrogens is 1. The molecular weight excluding hydrogens is 274 g/mol. The lowest BCUT2D eigenvalue weighted by molar-refractivity contribution is -0.168. The molecule has 1 aromatic rings. The van der Waals surface area contributed by atoms with E-state index in [0.717, 1.165) is 0 Å². The molecule has 19 heavy (non-hydrogen) atoms. The third-order valence-electron chi connectivity index (χ3n) is 3.31. The van der Waals surface area contributed by atoms with Gasteiger partial charge in [-0.1, -0.05) is 11.6 Å². The van der Waals surface area contributed by atoms with Gasteiger partial charge in [-0.2, -0.15) is 0 Å². The zero-order valence-electron chi connectivity index (χ0n) is 10.4. The molecule has 0 atom stereocenters. The number of carbonyl (C=O) groups excluding carboxylic acids is 2. The summed E-state index contributed by atoms with van der Waals surface area (Å²) in [6, 6.07) is 1.33. The lowest BCUT2D eigenvalue weighted by Crippen LogP contribution is -2.42. The molecule has 0 bridgehead atoms. The van der Waals surface area contributed by atoms with Gasteiger partial charge in [-0.25, -0.2) is 0 Å². The maximum absolute atomic E-state index is 11.9. The molecule has 0 spiro atoms. The number of carbonyl (C=O) groups is 2. The molecule has 0 unspecified atom stereocenters. The van der Waals surface area contributed by atoms with E-state index in [4.69, 9.17) is 21.1 Å². The molecule has 0 aromatic carbocycles. The van der Waals surface area contributed by atoms with Gasteiger partial charge in [0, 0.05) is 18.9 Å². The molecule has 0 aliphatic heterocycles. The number of aromatic amines is 1. The van der Waals surface area contributed by atoms with Gasteiger partial charge in [0.25, 0.3) is 0 Å². The van der Waals surface area contributed by atoms with E-state index < -0.39 is 17.4 Å². The van der Waals surface area contributed by atoms with Crippen LogP contribution in [-0.4, -0.2) is 31.1 Å². The molecule has 1 aliphatic carbocycles. The van der Waals surface area contributed by atoms with Crippen molar-refractivity contribution < 1.29 is 19.1 Å². The first kappa shape index (κ1) is 13.6. The van der Waals surface area contributed by atoms with E-state index in [1.54, 1.807) is 0 Å². The Hall–Kier alpha value is -1.82. The Bertz CT molecular complexity index is 591. The minimum atomic E-state index is -1.46. The number of ether oxygens (including phenoxy) is 2. The second-order valence-electron chi connectivity index (χ2n) is 4.37. The van der Waals surface area contributed by atoms with Crippen LogP contribution < -0.4 is 5.56 Å². The first-order valence-electron chi connectivity index (χ1n) is 5.52. The maximum atomic E-state index is 11.9. The predicted molar refractivity (Wildman–Crippen MR) is 65.9 cm³/mol. The van der Waals surface area contributed by atoms with E-state index in [9.17, 15) is 14.4 Å². The predicted octanol–water partition coefficient (Wildman–Crippen LogP) is 0.459. The van der Waals surface area contributed by atoms with Crippen molar-refractivity contribution in [2.24, 2.45) is 5.41 Å². The number of rotatable bonds is 2. The van der Waals surface area contributed by atoms with E-state index >= 15 is 0 Å². The number of methoxy groups -OCH3 is 2. The minimum absolute atomic E-state index is 0.0469. The number of hydrogen-bond donors (Lipinski definition) is 1. The lowest BCUT2D eigenvalue weighted by atomic mass is 9.85.